The molecule has 2 aromatic heterocycles. The molecular formula is C81H64N4O. The van der Waals surface area contributed by atoms with Crippen molar-refractivity contribution in [3.05, 3.63) is 302 Å². The molecule has 5 nitrogen and oxygen atoms in total. The molecule has 0 spiro atoms. The molecule has 414 valence electrons. The fraction of sp³-hybridized carbons (Fsp3) is 0.123. The largest absolute Gasteiger partial charge is 0.457 e. The van der Waals surface area contributed by atoms with Gasteiger partial charge in [0.25, 0.3) is 0 Å². The maximum Gasteiger partial charge on any atom is 0.137 e. The molecular weight excluding hydrogens is 1040 g/mol. The van der Waals surface area contributed by atoms with Crippen molar-refractivity contribution in [3.63, 3.8) is 0 Å². The van der Waals surface area contributed by atoms with E-state index in [0.29, 0.717) is 17.6 Å². The van der Waals surface area contributed by atoms with Crippen molar-refractivity contribution >= 4 is 44.6 Å². The summed E-state index contributed by atoms with van der Waals surface area (Å²) < 4.78 is 9.71. The fourth-order valence-corrected chi connectivity index (χ4v) is 15.8. The van der Waals surface area contributed by atoms with Gasteiger partial charge < -0.3 is 15.4 Å². The van der Waals surface area contributed by atoms with Gasteiger partial charge in [-0.25, -0.2) is 4.98 Å². The Morgan fingerprint density at radius 2 is 0.884 bits per heavy atom. The summed E-state index contributed by atoms with van der Waals surface area (Å²) in [5, 5.41) is 10.3. The van der Waals surface area contributed by atoms with Gasteiger partial charge in [0.15, 0.2) is 0 Å². The Labute approximate surface area is 503 Å². The Balaban J connectivity index is 0.839. The molecule has 13 aromatic rings. The zero-order valence-electron chi connectivity index (χ0n) is 47.9. The highest BCUT2D eigenvalue weighted by molar-refractivity contribution is 6.09. The van der Waals surface area contributed by atoms with Crippen molar-refractivity contribution in [3.8, 4) is 73.0 Å². The smallest absolute Gasteiger partial charge is 0.137 e. The van der Waals surface area contributed by atoms with Crippen molar-refractivity contribution in [2.45, 2.75) is 37.5 Å². The predicted octanol–water partition coefficient (Wildman–Crippen LogP) is 21.5. The number of nitrogens with zero attached hydrogens (tertiary/aromatic N) is 2. The van der Waals surface area contributed by atoms with E-state index < -0.39 is 0 Å². The lowest BCUT2D eigenvalue weighted by Crippen LogP contribution is -2.56. The molecule has 4 fully saturated rings. The van der Waals surface area contributed by atoms with E-state index in [1.54, 1.807) is 0 Å². The predicted molar refractivity (Wildman–Crippen MR) is 356 cm³/mol. The summed E-state index contributed by atoms with van der Waals surface area (Å²) in [5.74, 6) is 5.28. The molecule has 2 heterocycles. The molecule has 86 heavy (non-hydrogen) atoms. The van der Waals surface area contributed by atoms with Crippen LogP contribution in [0.2, 0.25) is 0 Å². The fourth-order valence-electron chi connectivity index (χ4n) is 15.8. The number of ether oxygens (including phenoxy) is 1. The first-order valence-corrected chi connectivity index (χ1v) is 30.6. The van der Waals surface area contributed by atoms with Crippen LogP contribution in [0.15, 0.2) is 291 Å². The van der Waals surface area contributed by atoms with Crippen LogP contribution in [0.25, 0.3) is 83.3 Å². The van der Waals surface area contributed by atoms with Gasteiger partial charge in [-0.1, -0.05) is 218 Å². The third kappa shape index (κ3) is 9.14. The first-order chi connectivity index (χ1) is 42.6. The number of aromatic nitrogens is 2. The number of para-hydroxylation sites is 4. The van der Waals surface area contributed by atoms with Crippen LogP contribution in [-0.2, 0) is 5.41 Å². The molecule has 4 aliphatic rings. The van der Waals surface area contributed by atoms with E-state index in [0.717, 1.165) is 118 Å². The lowest BCUT2D eigenvalue weighted by atomic mass is 9.42. The number of rotatable bonds is 14. The number of benzene rings is 11. The second-order valence-electron chi connectivity index (χ2n) is 24.0. The number of fused-ring (bicyclic) bond motifs is 3. The van der Waals surface area contributed by atoms with Crippen molar-refractivity contribution in [2.75, 3.05) is 10.6 Å². The molecule has 4 aliphatic carbocycles. The second-order valence-corrected chi connectivity index (χ2v) is 24.0. The van der Waals surface area contributed by atoms with Gasteiger partial charge in [0.1, 0.15) is 17.3 Å². The summed E-state index contributed by atoms with van der Waals surface area (Å²) in [6.07, 6.45) is 8.72. The minimum Gasteiger partial charge on any atom is -0.457 e. The SMILES string of the molecule is c1ccc(-c2cccc(-c3ccccc3)c2Nc2ccccc2Nc2cc(Oc3ccc4c5ccccc5n(-c5cc(C6(c7ccccc7)C7CC8CC(C7)CC6C8)ccn5)c4c3)cc(-c3c(-c4ccccc4)cccc3-c3ccccc3)c2)cc1. The normalized spacial score (nSPS) is 18.5. The van der Waals surface area contributed by atoms with Crippen molar-refractivity contribution in [1.29, 1.82) is 0 Å². The monoisotopic (exact) mass is 1110 g/mol. The first-order valence-electron chi connectivity index (χ1n) is 30.6. The Kier molecular flexibility index (Phi) is 13.0. The molecule has 0 amide bonds. The van der Waals surface area contributed by atoms with Crippen LogP contribution in [0.4, 0.5) is 22.7 Å². The summed E-state index contributed by atoms with van der Waals surface area (Å²) in [5.41, 5.74) is 19.9. The van der Waals surface area contributed by atoms with Crippen LogP contribution in [0.3, 0.4) is 0 Å². The van der Waals surface area contributed by atoms with Crippen molar-refractivity contribution in [2.24, 2.45) is 23.7 Å². The van der Waals surface area contributed by atoms with E-state index >= 15 is 0 Å². The maximum atomic E-state index is 7.33. The van der Waals surface area contributed by atoms with Gasteiger partial charge in [0, 0.05) is 51.3 Å². The summed E-state index contributed by atoms with van der Waals surface area (Å²) in [7, 11) is 0. The van der Waals surface area contributed by atoms with Crippen molar-refractivity contribution < 1.29 is 4.74 Å². The van der Waals surface area contributed by atoms with Crippen LogP contribution < -0.4 is 15.4 Å². The van der Waals surface area contributed by atoms with Crippen LogP contribution in [-0.4, -0.2) is 9.55 Å². The van der Waals surface area contributed by atoms with E-state index in [1.165, 1.54) is 48.6 Å². The number of hydrogen-bond acceptors (Lipinski definition) is 4. The summed E-state index contributed by atoms with van der Waals surface area (Å²) >= 11 is 0. The van der Waals surface area contributed by atoms with E-state index in [1.807, 2.05) is 0 Å². The molecule has 2 N–H and O–H groups in total. The van der Waals surface area contributed by atoms with Gasteiger partial charge in [-0.15, -0.1) is 0 Å². The van der Waals surface area contributed by atoms with Gasteiger partial charge in [-0.3, -0.25) is 4.57 Å². The number of anilines is 4. The molecule has 0 atom stereocenters. The second kappa shape index (κ2) is 21.8. The molecule has 4 bridgehead atoms. The molecule has 17 rings (SSSR count). The van der Waals surface area contributed by atoms with Gasteiger partial charge in [-0.05, 0) is 166 Å². The Morgan fingerprint density at radius 1 is 0.372 bits per heavy atom. The molecule has 4 saturated carbocycles. The molecule has 0 radical (unpaired) electrons. The molecule has 0 unspecified atom stereocenters. The van der Waals surface area contributed by atoms with E-state index in [-0.39, 0.29) is 5.41 Å². The van der Waals surface area contributed by atoms with Gasteiger partial charge in [-0.2, -0.15) is 0 Å². The maximum absolute atomic E-state index is 7.33. The molecule has 11 aromatic carbocycles. The van der Waals surface area contributed by atoms with Crippen LogP contribution >= 0.6 is 0 Å². The standard InChI is InChI=1S/C81H64N4O/c1-6-22-56(23-7-1)68-33-20-34-69(57-24-8-2-9-25-57)79(68)60-49-65(83-74-37-17-18-38-75(74)84-80-70(58-26-10-3-11-27-58)35-21-36-71(80)59-28-12-4-13-29-59)52-67(50-60)86-66-40-41-73-72-32-16-19-39-76(72)85(77(73)53-66)78-51-62(42-43-82-78)81(61-30-14-5-15-31-61)63-45-54-44-55(47-63)48-64(81)46-54/h1-43,49-55,63-64,83-84H,44-48H2. The minimum atomic E-state index is -0.0516. The highest BCUT2D eigenvalue weighted by Gasteiger charge is 2.58. The van der Waals surface area contributed by atoms with Crippen LogP contribution in [0.1, 0.15) is 43.2 Å². The Morgan fingerprint density at radius 3 is 1.49 bits per heavy atom. The van der Waals surface area contributed by atoms with Gasteiger partial charge in [0.2, 0.25) is 0 Å². The van der Waals surface area contributed by atoms with E-state index in [2.05, 4.69) is 307 Å². The van der Waals surface area contributed by atoms with Gasteiger partial charge in [0.05, 0.1) is 28.1 Å². The molecule has 0 saturated heterocycles. The first kappa shape index (κ1) is 51.4. The minimum absolute atomic E-state index is 0.0516. The molecule has 0 aliphatic heterocycles. The average molecular weight is 1110 g/mol. The average Bonchev–Trinajstić information content (AvgIpc) is 0.811. The lowest BCUT2D eigenvalue weighted by molar-refractivity contribution is -0.0418. The highest BCUT2D eigenvalue weighted by Crippen LogP contribution is 2.65. The van der Waals surface area contributed by atoms with E-state index in [4.69, 9.17) is 9.72 Å². The number of hydrogen-bond donors (Lipinski definition) is 2. The lowest BCUT2D eigenvalue weighted by Gasteiger charge is -2.62. The molecule has 5 heteroatoms. The zero-order chi connectivity index (χ0) is 57.0. The third-order valence-corrected chi connectivity index (χ3v) is 19.1. The number of pyridine rings is 1. The summed E-state index contributed by atoms with van der Waals surface area (Å²) in [4.78, 5) is 5.28. The Bertz CT molecular complexity index is 4470. The third-order valence-electron chi connectivity index (χ3n) is 19.1. The van der Waals surface area contributed by atoms with Crippen LogP contribution in [0.5, 0.6) is 11.5 Å². The van der Waals surface area contributed by atoms with Gasteiger partial charge >= 0.3 is 0 Å². The summed E-state index contributed by atoms with van der Waals surface area (Å²) in [6, 6.07) is 103. The van der Waals surface area contributed by atoms with Crippen LogP contribution in [0, 0.1) is 23.7 Å². The topological polar surface area (TPSA) is 51.1 Å². The zero-order valence-corrected chi connectivity index (χ0v) is 47.9. The highest BCUT2D eigenvalue weighted by atomic mass is 16.5. The van der Waals surface area contributed by atoms with Crippen molar-refractivity contribution in [1.82, 2.24) is 9.55 Å². The van der Waals surface area contributed by atoms with E-state index in [9.17, 15) is 0 Å². The number of nitrogens with one attached hydrogen (secondary N) is 2. The summed E-state index contributed by atoms with van der Waals surface area (Å²) in [6.45, 7) is 0. The quantitative estimate of drug-likeness (QED) is 0.114. The Hall–Kier alpha value is -10.2.